The van der Waals surface area contributed by atoms with Crippen LogP contribution < -0.4 is 4.74 Å². The quantitative estimate of drug-likeness (QED) is 0.606. The number of aryl methyl sites for hydroxylation is 2. The molecule has 122 valence electrons. The van der Waals surface area contributed by atoms with Crippen molar-refractivity contribution in [2.24, 2.45) is 0 Å². The highest BCUT2D eigenvalue weighted by molar-refractivity contribution is 6.00. The second-order valence-corrected chi connectivity index (χ2v) is 4.84. The minimum atomic E-state index is -0.424. The van der Waals surface area contributed by atoms with E-state index in [0.29, 0.717) is 54.2 Å². The molecule has 2 heterocycles. The molecule has 2 aromatic rings. The van der Waals surface area contributed by atoms with Gasteiger partial charge in [-0.15, -0.1) is 11.8 Å². The molecule has 2 aromatic heterocycles. The fourth-order valence-corrected chi connectivity index (χ4v) is 2.36. The van der Waals surface area contributed by atoms with Crippen molar-refractivity contribution in [2.45, 2.75) is 40.7 Å². The van der Waals surface area contributed by atoms with Crippen molar-refractivity contribution in [1.29, 1.82) is 0 Å². The molecule has 2 rings (SSSR count). The monoisotopic (exact) mass is 315 g/mol. The van der Waals surface area contributed by atoms with Crippen LogP contribution in [0.1, 0.15) is 43.2 Å². The Labute approximate surface area is 135 Å². The Balaban J connectivity index is 2.56. The molecule has 6 nitrogen and oxygen atoms in total. The fraction of sp³-hybridized carbons (Fsp3) is 0.471. The zero-order valence-electron chi connectivity index (χ0n) is 14.0. The summed E-state index contributed by atoms with van der Waals surface area (Å²) in [4.78, 5) is 16.8. The molecule has 0 bridgehead atoms. The maximum atomic E-state index is 12.2. The molecule has 23 heavy (non-hydrogen) atoms. The molecule has 0 amide bonds. The molecular weight excluding hydrogens is 294 g/mol. The van der Waals surface area contributed by atoms with Crippen LogP contribution in [0.2, 0.25) is 0 Å². The van der Waals surface area contributed by atoms with Crippen LogP contribution >= 0.6 is 0 Å². The smallest absolute Gasteiger partial charge is 0.343 e. The van der Waals surface area contributed by atoms with E-state index in [9.17, 15) is 4.79 Å². The van der Waals surface area contributed by atoms with Crippen molar-refractivity contribution in [3.05, 3.63) is 17.5 Å². The first-order valence-corrected chi connectivity index (χ1v) is 7.69. The van der Waals surface area contributed by atoms with E-state index < -0.39 is 5.97 Å². The lowest BCUT2D eigenvalue weighted by Gasteiger charge is -2.13. The average Bonchev–Trinajstić information content (AvgIpc) is 2.91. The standard InChI is InChI=1S/C17H21N3O3/c1-5-8-9-10-20-16-13(11-18-20)15(22-6-2)14(12(4)19-16)17(21)23-7-3/h11H,6-7,9-10H2,1-4H3. The molecular formula is C17H21N3O3. The van der Waals surface area contributed by atoms with Gasteiger partial charge >= 0.3 is 5.97 Å². The van der Waals surface area contributed by atoms with E-state index in [1.807, 2.05) is 13.8 Å². The van der Waals surface area contributed by atoms with Gasteiger partial charge in [0.25, 0.3) is 0 Å². The van der Waals surface area contributed by atoms with Crippen LogP contribution in [0, 0.1) is 18.8 Å². The van der Waals surface area contributed by atoms with E-state index in [2.05, 4.69) is 21.9 Å². The van der Waals surface area contributed by atoms with E-state index in [1.54, 1.807) is 24.7 Å². The Morgan fingerprint density at radius 2 is 2.13 bits per heavy atom. The first-order valence-electron chi connectivity index (χ1n) is 7.69. The molecule has 0 N–H and O–H groups in total. The minimum absolute atomic E-state index is 0.302. The Bertz CT molecular complexity index is 769. The number of aromatic nitrogens is 3. The highest BCUT2D eigenvalue weighted by Crippen LogP contribution is 2.31. The van der Waals surface area contributed by atoms with Gasteiger partial charge in [0.2, 0.25) is 0 Å². The predicted molar refractivity (Wildman–Crippen MR) is 87.5 cm³/mol. The number of hydrogen-bond donors (Lipinski definition) is 0. The Hall–Kier alpha value is -2.55. The minimum Gasteiger partial charge on any atom is -0.492 e. The summed E-state index contributed by atoms with van der Waals surface area (Å²) in [6, 6.07) is 0. The van der Waals surface area contributed by atoms with Crippen molar-refractivity contribution in [1.82, 2.24) is 14.8 Å². The maximum absolute atomic E-state index is 12.2. The van der Waals surface area contributed by atoms with Crippen molar-refractivity contribution in [2.75, 3.05) is 13.2 Å². The van der Waals surface area contributed by atoms with Gasteiger partial charge in [0.1, 0.15) is 11.3 Å². The van der Waals surface area contributed by atoms with E-state index in [1.165, 1.54) is 0 Å². The van der Waals surface area contributed by atoms with Gasteiger partial charge in [-0.3, -0.25) is 0 Å². The van der Waals surface area contributed by atoms with Crippen LogP contribution in [0.5, 0.6) is 5.75 Å². The Morgan fingerprint density at radius 1 is 1.35 bits per heavy atom. The number of carbonyl (C=O) groups is 1. The molecule has 0 aliphatic carbocycles. The summed E-state index contributed by atoms with van der Waals surface area (Å²) in [6.45, 7) is 8.61. The van der Waals surface area contributed by atoms with Gasteiger partial charge in [0.15, 0.2) is 5.65 Å². The van der Waals surface area contributed by atoms with Gasteiger partial charge in [-0.2, -0.15) is 5.10 Å². The highest BCUT2D eigenvalue weighted by Gasteiger charge is 2.23. The van der Waals surface area contributed by atoms with Crippen LogP contribution in [-0.4, -0.2) is 33.9 Å². The van der Waals surface area contributed by atoms with Crippen molar-refractivity contribution < 1.29 is 14.3 Å². The topological polar surface area (TPSA) is 66.2 Å². The molecule has 0 unspecified atom stereocenters. The summed E-state index contributed by atoms with van der Waals surface area (Å²) >= 11 is 0. The molecule has 0 saturated carbocycles. The zero-order valence-corrected chi connectivity index (χ0v) is 14.0. The third-order valence-corrected chi connectivity index (χ3v) is 3.31. The summed E-state index contributed by atoms with van der Waals surface area (Å²) in [5.74, 6) is 5.93. The molecule has 0 aliphatic rings. The fourth-order valence-electron chi connectivity index (χ4n) is 2.36. The molecule has 0 saturated heterocycles. The van der Waals surface area contributed by atoms with E-state index in [4.69, 9.17) is 9.47 Å². The lowest BCUT2D eigenvalue weighted by atomic mass is 10.1. The van der Waals surface area contributed by atoms with E-state index in [-0.39, 0.29) is 0 Å². The predicted octanol–water partition coefficient (Wildman–Crippen LogP) is 2.73. The second-order valence-electron chi connectivity index (χ2n) is 4.84. The normalized spacial score (nSPS) is 10.3. The zero-order chi connectivity index (χ0) is 16.8. The van der Waals surface area contributed by atoms with Gasteiger partial charge in [0.05, 0.1) is 37.0 Å². The lowest BCUT2D eigenvalue weighted by Crippen LogP contribution is -2.12. The van der Waals surface area contributed by atoms with Crippen LogP contribution in [0.3, 0.4) is 0 Å². The van der Waals surface area contributed by atoms with Crippen molar-refractivity contribution >= 4 is 17.0 Å². The van der Waals surface area contributed by atoms with Crippen molar-refractivity contribution in [3.8, 4) is 17.6 Å². The summed E-state index contributed by atoms with van der Waals surface area (Å²) in [7, 11) is 0. The lowest BCUT2D eigenvalue weighted by molar-refractivity contribution is 0.0521. The van der Waals surface area contributed by atoms with Crippen LogP contribution in [0.15, 0.2) is 6.20 Å². The molecule has 0 fully saturated rings. The van der Waals surface area contributed by atoms with Crippen LogP contribution in [-0.2, 0) is 11.3 Å². The number of nitrogens with zero attached hydrogens (tertiary/aromatic N) is 3. The van der Waals surface area contributed by atoms with Crippen molar-refractivity contribution in [3.63, 3.8) is 0 Å². The molecule has 0 radical (unpaired) electrons. The van der Waals surface area contributed by atoms with Crippen LogP contribution in [0.25, 0.3) is 11.0 Å². The van der Waals surface area contributed by atoms with Gasteiger partial charge in [0, 0.05) is 6.42 Å². The third kappa shape index (κ3) is 3.45. The number of carbonyl (C=O) groups excluding carboxylic acids is 1. The number of pyridine rings is 1. The number of hydrogen-bond acceptors (Lipinski definition) is 5. The summed E-state index contributed by atoms with van der Waals surface area (Å²) in [5.41, 5.74) is 1.63. The molecule has 0 atom stereocenters. The number of ether oxygens (including phenoxy) is 2. The van der Waals surface area contributed by atoms with E-state index in [0.717, 1.165) is 0 Å². The van der Waals surface area contributed by atoms with Gasteiger partial charge < -0.3 is 9.47 Å². The molecule has 0 spiro atoms. The molecule has 0 aliphatic heterocycles. The third-order valence-electron chi connectivity index (χ3n) is 3.31. The number of rotatable bonds is 6. The summed E-state index contributed by atoms with van der Waals surface area (Å²) in [5, 5.41) is 5.06. The van der Waals surface area contributed by atoms with Gasteiger partial charge in [-0.1, -0.05) is 0 Å². The van der Waals surface area contributed by atoms with Gasteiger partial charge in [-0.05, 0) is 27.7 Å². The number of esters is 1. The number of fused-ring (bicyclic) bond motifs is 1. The highest BCUT2D eigenvalue weighted by atomic mass is 16.5. The van der Waals surface area contributed by atoms with E-state index >= 15 is 0 Å². The second kappa shape index (κ2) is 7.63. The SMILES string of the molecule is CC#CCCn1ncc2c(OCC)c(C(=O)OCC)c(C)nc21. The van der Waals surface area contributed by atoms with Gasteiger partial charge in [-0.25, -0.2) is 14.5 Å². The largest absolute Gasteiger partial charge is 0.492 e. The maximum Gasteiger partial charge on any atom is 0.343 e. The molecule has 6 heteroatoms. The first-order chi connectivity index (χ1) is 11.1. The summed E-state index contributed by atoms with van der Waals surface area (Å²) in [6.07, 6.45) is 2.37. The summed E-state index contributed by atoms with van der Waals surface area (Å²) < 4.78 is 12.6. The molecule has 0 aromatic carbocycles. The van der Waals surface area contributed by atoms with Crippen LogP contribution in [0.4, 0.5) is 0 Å². The Morgan fingerprint density at radius 3 is 2.78 bits per heavy atom. The Kier molecular flexibility index (Phi) is 5.58. The first kappa shape index (κ1) is 16.8. The average molecular weight is 315 g/mol.